The van der Waals surface area contributed by atoms with Crippen molar-refractivity contribution in [3.8, 4) is 0 Å². The molecule has 2 aromatic rings. The molecule has 0 saturated carbocycles. The molecule has 2 rings (SSSR count). The number of rotatable bonds is 9. The van der Waals surface area contributed by atoms with E-state index in [0.717, 1.165) is 22.9 Å². The van der Waals surface area contributed by atoms with Crippen molar-refractivity contribution in [1.29, 1.82) is 0 Å². The lowest BCUT2D eigenvalue weighted by atomic mass is 10.00. The van der Waals surface area contributed by atoms with Gasteiger partial charge >= 0.3 is 0 Å². The van der Waals surface area contributed by atoms with Crippen LogP contribution < -0.4 is 10.6 Å². The summed E-state index contributed by atoms with van der Waals surface area (Å²) in [6, 6.07) is 4.84. The fourth-order valence-electron chi connectivity index (χ4n) is 3.48. The fraction of sp³-hybridized carbons (Fsp3) is 0.522. The van der Waals surface area contributed by atoms with Crippen molar-refractivity contribution in [2.45, 2.75) is 78.4 Å². The molecular weight excluding hydrogens is 366 g/mol. The predicted molar refractivity (Wildman–Crippen MR) is 116 cm³/mol. The zero-order chi connectivity index (χ0) is 21.8. The van der Waals surface area contributed by atoms with Crippen LogP contribution in [-0.2, 0) is 16.0 Å². The summed E-state index contributed by atoms with van der Waals surface area (Å²) < 4.78 is 0. The number of hydrogen-bond acceptors (Lipinski definition) is 4. The Morgan fingerprint density at radius 2 is 1.86 bits per heavy atom. The second kappa shape index (κ2) is 9.35. The average Bonchev–Trinajstić information content (AvgIpc) is 3.01. The summed E-state index contributed by atoms with van der Waals surface area (Å²) >= 11 is 0. The summed E-state index contributed by atoms with van der Waals surface area (Å²) in [6.45, 7) is 11.4. The highest BCUT2D eigenvalue weighted by Crippen LogP contribution is 2.21. The van der Waals surface area contributed by atoms with E-state index in [9.17, 15) is 14.4 Å². The Morgan fingerprint density at radius 3 is 2.45 bits per heavy atom. The standard InChI is InChI=1S/C23H33N3O3/c1-7-8-20(26-23(4,5)6)21(28)22(29)25-14(2)11-17-13-24-19-10-9-16(15(3)27)12-18(17)19/h9-10,12-14,20,24,26H,7-8,11H2,1-6H3,(H,25,29). The van der Waals surface area contributed by atoms with Gasteiger partial charge in [0, 0.05) is 34.2 Å². The van der Waals surface area contributed by atoms with E-state index in [1.54, 1.807) is 13.0 Å². The van der Waals surface area contributed by atoms with Gasteiger partial charge in [0.2, 0.25) is 5.78 Å². The SMILES string of the molecule is CCCC(NC(C)(C)C)C(=O)C(=O)NC(C)Cc1c[nH]c2ccc(C(C)=O)cc12. The lowest BCUT2D eigenvalue weighted by Gasteiger charge is -2.27. The van der Waals surface area contributed by atoms with Crippen LogP contribution in [0.15, 0.2) is 24.4 Å². The van der Waals surface area contributed by atoms with Crippen LogP contribution in [0.4, 0.5) is 0 Å². The summed E-state index contributed by atoms with van der Waals surface area (Å²) in [5.74, 6) is -0.970. The minimum atomic E-state index is -0.558. The van der Waals surface area contributed by atoms with Crippen LogP contribution in [0.5, 0.6) is 0 Å². The first-order valence-electron chi connectivity index (χ1n) is 10.2. The molecule has 0 aliphatic rings. The Hall–Kier alpha value is -2.47. The number of carbonyl (C=O) groups is 3. The van der Waals surface area contributed by atoms with Gasteiger partial charge in [-0.2, -0.15) is 0 Å². The highest BCUT2D eigenvalue weighted by Gasteiger charge is 2.28. The van der Waals surface area contributed by atoms with Crippen molar-refractivity contribution < 1.29 is 14.4 Å². The van der Waals surface area contributed by atoms with Gasteiger partial charge in [-0.3, -0.25) is 14.4 Å². The van der Waals surface area contributed by atoms with E-state index in [1.165, 1.54) is 0 Å². The number of carbonyl (C=O) groups excluding carboxylic acids is 3. The smallest absolute Gasteiger partial charge is 0.289 e. The number of fused-ring (bicyclic) bond motifs is 1. The van der Waals surface area contributed by atoms with Gasteiger partial charge in [0.15, 0.2) is 5.78 Å². The monoisotopic (exact) mass is 399 g/mol. The lowest BCUT2D eigenvalue weighted by Crippen LogP contribution is -2.53. The minimum Gasteiger partial charge on any atom is -0.361 e. The third-order valence-electron chi connectivity index (χ3n) is 4.80. The maximum absolute atomic E-state index is 12.7. The molecule has 1 aromatic heterocycles. The van der Waals surface area contributed by atoms with Crippen LogP contribution in [0, 0.1) is 0 Å². The van der Waals surface area contributed by atoms with Gasteiger partial charge in [0.25, 0.3) is 5.91 Å². The number of H-pyrrole nitrogens is 1. The normalized spacial score (nSPS) is 13.9. The molecule has 3 N–H and O–H groups in total. The van der Waals surface area contributed by atoms with Crippen LogP contribution in [0.1, 0.15) is 70.3 Å². The molecule has 0 bridgehead atoms. The summed E-state index contributed by atoms with van der Waals surface area (Å²) in [5.41, 5.74) is 2.35. The van der Waals surface area contributed by atoms with Gasteiger partial charge in [-0.1, -0.05) is 13.3 Å². The predicted octanol–water partition coefficient (Wildman–Crippen LogP) is 3.54. The zero-order valence-corrected chi connectivity index (χ0v) is 18.3. The van der Waals surface area contributed by atoms with Crippen LogP contribution in [-0.4, -0.2) is 40.1 Å². The Bertz CT molecular complexity index is 892. The molecule has 6 heteroatoms. The molecule has 2 unspecified atom stereocenters. The van der Waals surface area contributed by atoms with Gasteiger partial charge in [-0.05, 0) is 71.2 Å². The number of nitrogens with one attached hydrogen (secondary N) is 3. The third-order valence-corrected chi connectivity index (χ3v) is 4.80. The largest absolute Gasteiger partial charge is 0.361 e. The Morgan fingerprint density at radius 1 is 1.17 bits per heavy atom. The van der Waals surface area contributed by atoms with Gasteiger partial charge < -0.3 is 15.6 Å². The van der Waals surface area contributed by atoms with Crippen molar-refractivity contribution in [3.05, 3.63) is 35.5 Å². The number of ketones is 2. The van der Waals surface area contributed by atoms with Crippen molar-refractivity contribution in [2.24, 2.45) is 0 Å². The number of hydrogen-bond donors (Lipinski definition) is 3. The van der Waals surface area contributed by atoms with Crippen molar-refractivity contribution in [3.63, 3.8) is 0 Å². The van der Waals surface area contributed by atoms with E-state index in [4.69, 9.17) is 0 Å². The highest BCUT2D eigenvalue weighted by atomic mass is 16.2. The van der Waals surface area contributed by atoms with Gasteiger partial charge in [0.05, 0.1) is 6.04 Å². The van der Waals surface area contributed by atoms with Crippen LogP contribution in [0.25, 0.3) is 10.9 Å². The third kappa shape index (κ3) is 6.26. The van der Waals surface area contributed by atoms with E-state index in [0.29, 0.717) is 18.4 Å². The number of benzene rings is 1. The molecule has 6 nitrogen and oxygen atoms in total. The second-order valence-electron chi connectivity index (χ2n) is 8.81. The minimum absolute atomic E-state index is 0.0133. The van der Waals surface area contributed by atoms with Crippen LogP contribution >= 0.6 is 0 Å². The molecule has 0 radical (unpaired) electrons. The molecule has 0 aliphatic heterocycles. The second-order valence-corrected chi connectivity index (χ2v) is 8.81. The molecular formula is C23H33N3O3. The topological polar surface area (TPSA) is 91.1 Å². The van der Waals surface area contributed by atoms with E-state index in [-0.39, 0.29) is 17.4 Å². The van der Waals surface area contributed by atoms with E-state index < -0.39 is 17.7 Å². The van der Waals surface area contributed by atoms with Crippen molar-refractivity contribution in [1.82, 2.24) is 15.6 Å². The van der Waals surface area contributed by atoms with Gasteiger partial charge in [0.1, 0.15) is 0 Å². The van der Waals surface area contributed by atoms with Crippen molar-refractivity contribution >= 4 is 28.4 Å². The first kappa shape index (κ1) is 22.8. The Balaban J connectivity index is 2.07. The fourth-order valence-corrected chi connectivity index (χ4v) is 3.48. The maximum Gasteiger partial charge on any atom is 0.289 e. The number of aromatic nitrogens is 1. The Kier molecular flexibility index (Phi) is 7.36. The van der Waals surface area contributed by atoms with Crippen LogP contribution in [0.3, 0.4) is 0 Å². The zero-order valence-electron chi connectivity index (χ0n) is 18.3. The number of amides is 1. The first-order valence-corrected chi connectivity index (χ1v) is 10.2. The number of aromatic amines is 1. The van der Waals surface area contributed by atoms with Crippen LogP contribution in [0.2, 0.25) is 0 Å². The lowest BCUT2D eigenvalue weighted by molar-refractivity contribution is -0.139. The molecule has 1 heterocycles. The van der Waals surface area contributed by atoms with E-state index >= 15 is 0 Å². The van der Waals surface area contributed by atoms with E-state index in [2.05, 4.69) is 15.6 Å². The molecule has 29 heavy (non-hydrogen) atoms. The first-order chi connectivity index (χ1) is 13.5. The molecule has 0 aliphatic carbocycles. The molecule has 2 atom stereocenters. The number of Topliss-reactive ketones (excluding diaryl/α,β-unsaturated/α-hetero) is 2. The molecule has 158 valence electrons. The van der Waals surface area contributed by atoms with Gasteiger partial charge in [-0.25, -0.2) is 0 Å². The van der Waals surface area contributed by atoms with Gasteiger partial charge in [-0.15, -0.1) is 0 Å². The summed E-state index contributed by atoms with van der Waals surface area (Å²) in [6.07, 6.45) is 3.88. The molecule has 0 fully saturated rings. The summed E-state index contributed by atoms with van der Waals surface area (Å²) in [4.78, 5) is 40.1. The van der Waals surface area contributed by atoms with E-state index in [1.807, 2.05) is 52.9 Å². The van der Waals surface area contributed by atoms with Crippen molar-refractivity contribution in [2.75, 3.05) is 0 Å². The maximum atomic E-state index is 12.7. The average molecular weight is 400 g/mol. The summed E-state index contributed by atoms with van der Waals surface area (Å²) in [7, 11) is 0. The molecule has 1 aromatic carbocycles. The molecule has 0 saturated heterocycles. The molecule has 0 spiro atoms. The quantitative estimate of drug-likeness (QED) is 0.444. The summed E-state index contributed by atoms with van der Waals surface area (Å²) in [5, 5.41) is 7.05. The molecule has 1 amide bonds. The Labute approximate surface area is 172 Å². The highest BCUT2D eigenvalue weighted by molar-refractivity contribution is 6.38.